The number of anilines is 2. The lowest BCUT2D eigenvalue weighted by molar-refractivity contribution is -0.118. The Labute approximate surface area is 179 Å². The average molecular weight is 418 g/mol. The number of nitrogens with two attached hydrogens (primary N) is 1. The number of carbonyl (C=O) groups excluding carboxylic acids is 1. The van der Waals surface area contributed by atoms with Crippen LogP contribution in [-0.4, -0.2) is 52.0 Å². The minimum absolute atomic E-state index is 0.204. The van der Waals surface area contributed by atoms with E-state index >= 15 is 0 Å². The van der Waals surface area contributed by atoms with E-state index in [1.165, 1.54) is 0 Å². The van der Waals surface area contributed by atoms with Gasteiger partial charge in [0.2, 0.25) is 5.95 Å². The number of ketones is 1. The molecule has 0 amide bonds. The fourth-order valence-corrected chi connectivity index (χ4v) is 3.71. The molecule has 31 heavy (non-hydrogen) atoms. The summed E-state index contributed by atoms with van der Waals surface area (Å²) in [5.74, 6) is 2.32. The van der Waals surface area contributed by atoms with Gasteiger partial charge in [-0.05, 0) is 41.8 Å². The van der Waals surface area contributed by atoms with Gasteiger partial charge in [0.1, 0.15) is 17.4 Å². The first kappa shape index (κ1) is 19.4. The second-order valence-corrected chi connectivity index (χ2v) is 7.56. The van der Waals surface area contributed by atoms with E-state index < -0.39 is 0 Å². The fraction of sp³-hybridized carbons (Fsp3) is 0.318. The Morgan fingerprint density at radius 3 is 2.68 bits per heavy atom. The van der Waals surface area contributed by atoms with Gasteiger partial charge in [-0.1, -0.05) is 6.07 Å². The van der Waals surface area contributed by atoms with E-state index in [1.54, 1.807) is 12.3 Å². The Kier molecular flexibility index (Phi) is 5.17. The first-order chi connectivity index (χ1) is 15.1. The van der Waals surface area contributed by atoms with Gasteiger partial charge in [0.05, 0.1) is 13.2 Å². The molecule has 1 aliphatic heterocycles. The molecule has 0 saturated carbocycles. The highest BCUT2D eigenvalue weighted by Crippen LogP contribution is 2.28. The maximum atomic E-state index is 11.7. The summed E-state index contributed by atoms with van der Waals surface area (Å²) in [5, 5.41) is 0. The van der Waals surface area contributed by atoms with Crippen LogP contribution in [0.25, 0.3) is 11.4 Å². The van der Waals surface area contributed by atoms with Crippen molar-refractivity contribution in [1.29, 1.82) is 0 Å². The predicted octanol–water partition coefficient (Wildman–Crippen LogP) is 2.20. The van der Waals surface area contributed by atoms with Crippen molar-refractivity contribution in [1.82, 2.24) is 19.9 Å². The molecule has 2 aliphatic rings. The number of Topliss-reactive ketones (excluding diaryl/α,β-unsaturated/α-hetero) is 1. The minimum Gasteiger partial charge on any atom is -0.424 e. The maximum absolute atomic E-state index is 11.7. The summed E-state index contributed by atoms with van der Waals surface area (Å²) in [7, 11) is 0. The third-order valence-electron chi connectivity index (χ3n) is 5.39. The number of aromatic nitrogens is 4. The van der Waals surface area contributed by atoms with Crippen molar-refractivity contribution in [3.63, 3.8) is 0 Å². The molecule has 0 unspecified atom stereocenters. The van der Waals surface area contributed by atoms with Crippen LogP contribution in [0.5, 0.6) is 11.8 Å². The number of fused-ring (bicyclic) bond motifs is 1. The van der Waals surface area contributed by atoms with Crippen molar-refractivity contribution >= 4 is 17.5 Å². The van der Waals surface area contributed by atoms with Gasteiger partial charge in [-0.3, -0.25) is 4.79 Å². The molecular weight excluding hydrogens is 396 g/mol. The summed E-state index contributed by atoms with van der Waals surface area (Å²) in [6, 6.07) is 9.48. The number of hydrogen-bond acceptors (Lipinski definition) is 9. The van der Waals surface area contributed by atoms with Crippen molar-refractivity contribution in [2.24, 2.45) is 0 Å². The van der Waals surface area contributed by atoms with E-state index in [0.29, 0.717) is 62.5 Å². The second-order valence-electron chi connectivity index (χ2n) is 7.56. The van der Waals surface area contributed by atoms with Gasteiger partial charge in [0, 0.05) is 37.7 Å². The number of rotatable bonds is 4. The molecule has 1 aromatic carbocycles. The molecule has 2 N–H and O–H groups in total. The molecule has 0 radical (unpaired) electrons. The number of carbonyl (C=O) groups is 1. The van der Waals surface area contributed by atoms with E-state index in [4.69, 9.17) is 15.2 Å². The van der Waals surface area contributed by atoms with Gasteiger partial charge < -0.3 is 20.1 Å². The van der Waals surface area contributed by atoms with Gasteiger partial charge in [0.15, 0.2) is 5.82 Å². The number of aryl methyl sites for hydroxylation is 1. The van der Waals surface area contributed by atoms with Crippen molar-refractivity contribution in [2.45, 2.75) is 19.3 Å². The van der Waals surface area contributed by atoms with Crippen molar-refractivity contribution in [2.75, 3.05) is 36.9 Å². The SMILES string of the molecule is Nc1ccc(-c2nc(Oc3ccc4c(c3)CCC(=O)C4)nc(N3CCOCC3)n2)cn1. The Morgan fingerprint density at radius 2 is 1.87 bits per heavy atom. The number of morpholine rings is 1. The Balaban J connectivity index is 1.49. The summed E-state index contributed by atoms with van der Waals surface area (Å²) in [6.07, 6.45) is 3.41. The number of ether oxygens (including phenoxy) is 2. The molecule has 0 bridgehead atoms. The highest BCUT2D eigenvalue weighted by atomic mass is 16.5. The summed E-state index contributed by atoms with van der Waals surface area (Å²) in [4.78, 5) is 31.6. The molecule has 1 saturated heterocycles. The van der Waals surface area contributed by atoms with Gasteiger partial charge in [-0.15, -0.1) is 0 Å². The predicted molar refractivity (Wildman–Crippen MR) is 114 cm³/mol. The number of pyridine rings is 1. The monoisotopic (exact) mass is 418 g/mol. The van der Waals surface area contributed by atoms with E-state index in [-0.39, 0.29) is 11.8 Å². The van der Waals surface area contributed by atoms with Gasteiger partial charge in [-0.2, -0.15) is 15.0 Å². The van der Waals surface area contributed by atoms with Crippen molar-refractivity contribution < 1.29 is 14.3 Å². The van der Waals surface area contributed by atoms with Crippen LogP contribution >= 0.6 is 0 Å². The standard InChI is InChI=1S/C22H22N6O3/c23-19-6-3-16(13-24-19)20-25-21(28-7-9-30-10-8-28)27-22(26-20)31-18-5-2-14-11-17(29)4-1-15(14)12-18/h2-3,5-6,12-13H,1,4,7-11H2,(H2,23,24). The van der Waals surface area contributed by atoms with Crippen LogP contribution in [0.3, 0.4) is 0 Å². The quantitative estimate of drug-likeness (QED) is 0.680. The Bertz CT molecular complexity index is 1110. The summed E-state index contributed by atoms with van der Waals surface area (Å²) in [6.45, 7) is 2.61. The average Bonchev–Trinajstić information content (AvgIpc) is 2.80. The maximum Gasteiger partial charge on any atom is 0.327 e. The number of nitrogen functional groups attached to an aromatic ring is 1. The topological polar surface area (TPSA) is 116 Å². The number of hydrogen-bond donors (Lipinski definition) is 1. The zero-order valence-corrected chi connectivity index (χ0v) is 17.0. The van der Waals surface area contributed by atoms with Crippen LogP contribution < -0.4 is 15.4 Å². The molecule has 1 fully saturated rings. The zero-order valence-electron chi connectivity index (χ0n) is 17.0. The third kappa shape index (κ3) is 4.31. The molecule has 9 nitrogen and oxygen atoms in total. The number of nitrogens with zero attached hydrogens (tertiary/aromatic N) is 5. The van der Waals surface area contributed by atoms with Crippen LogP contribution in [-0.2, 0) is 22.4 Å². The van der Waals surface area contributed by atoms with E-state index in [9.17, 15) is 4.79 Å². The smallest absolute Gasteiger partial charge is 0.327 e. The first-order valence-electron chi connectivity index (χ1n) is 10.3. The zero-order chi connectivity index (χ0) is 21.2. The molecule has 0 spiro atoms. The van der Waals surface area contributed by atoms with Crippen molar-refractivity contribution in [3.8, 4) is 23.1 Å². The molecular formula is C22H22N6O3. The lowest BCUT2D eigenvalue weighted by Gasteiger charge is -2.27. The first-order valence-corrected chi connectivity index (χ1v) is 10.3. The molecule has 5 rings (SSSR count). The molecule has 3 aromatic rings. The van der Waals surface area contributed by atoms with E-state index in [1.807, 2.05) is 29.2 Å². The largest absolute Gasteiger partial charge is 0.424 e. The van der Waals surface area contributed by atoms with Gasteiger partial charge >= 0.3 is 6.01 Å². The minimum atomic E-state index is 0.204. The summed E-state index contributed by atoms with van der Waals surface area (Å²) < 4.78 is 11.5. The highest BCUT2D eigenvalue weighted by Gasteiger charge is 2.20. The van der Waals surface area contributed by atoms with Crippen LogP contribution in [0, 0.1) is 0 Å². The fourth-order valence-electron chi connectivity index (χ4n) is 3.71. The number of benzene rings is 1. The molecule has 0 atom stereocenters. The van der Waals surface area contributed by atoms with Gasteiger partial charge in [0.25, 0.3) is 0 Å². The normalized spacial score (nSPS) is 16.1. The summed E-state index contributed by atoms with van der Waals surface area (Å²) >= 11 is 0. The molecule has 9 heteroatoms. The van der Waals surface area contributed by atoms with Crippen LogP contribution in [0.4, 0.5) is 11.8 Å². The Morgan fingerprint density at radius 1 is 1.00 bits per heavy atom. The second kappa shape index (κ2) is 8.27. The van der Waals surface area contributed by atoms with Crippen LogP contribution in [0.1, 0.15) is 17.5 Å². The van der Waals surface area contributed by atoms with Crippen LogP contribution in [0.15, 0.2) is 36.5 Å². The van der Waals surface area contributed by atoms with E-state index in [2.05, 4.69) is 19.9 Å². The molecule has 2 aromatic heterocycles. The van der Waals surface area contributed by atoms with Crippen LogP contribution in [0.2, 0.25) is 0 Å². The summed E-state index contributed by atoms with van der Waals surface area (Å²) in [5.41, 5.74) is 8.62. The highest BCUT2D eigenvalue weighted by molar-refractivity contribution is 5.83. The Hall–Kier alpha value is -3.59. The third-order valence-corrected chi connectivity index (χ3v) is 5.39. The van der Waals surface area contributed by atoms with Crippen molar-refractivity contribution in [3.05, 3.63) is 47.7 Å². The molecule has 158 valence electrons. The molecule has 3 heterocycles. The molecule has 1 aliphatic carbocycles. The lowest BCUT2D eigenvalue weighted by atomic mass is 9.91. The van der Waals surface area contributed by atoms with E-state index in [0.717, 1.165) is 23.1 Å². The van der Waals surface area contributed by atoms with Gasteiger partial charge in [-0.25, -0.2) is 4.98 Å². The lowest BCUT2D eigenvalue weighted by Crippen LogP contribution is -2.37.